The topological polar surface area (TPSA) is 66.4 Å². The molecule has 0 aliphatic heterocycles. The Morgan fingerprint density at radius 1 is 1.11 bits per heavy atom. The molecule has 1 amide bonds. The van der Waals surface area contributed by atoms with Crippen molar-refractivity contribution in [3.05, 3.63) is 0 Å². The van der Waals surface area contributed by atoms with E-state index in [4.69, 9.17) is 5.11 Å². The Bertz CT molecular complexity index is 323. The van der Waals surface area contributed by atoms with Crippen molar-refractivity contribution in [2.45, 2.75) is 57.9 Å². The number of rotatable bonds is 4. The fraction of sp³-hybridized carbons (Fsp3) is 0.857. The Morgan fingerprint density at radius 2 is 1.72 bits per heavy atom. The first-order valence-corrected chi connectivity index (χ1v) is 7.11. The zero-order valence-corrected chi connectivity index (χ0v) is 11.0. The van der Waals surface area contributed by atoms with Crippen molar-refractivity contribution in [1.82, 2.24) is 5.32 Å². The summed E-state index contributed by atoms with van der Waals surface area (Å²) in [6.07, 6.45) is 6.85. The molecule has 102 valence electrons. The molecule has 4 nitrogen and oxygen atoms in total. The molecule has 0 bridgehead atoms. The van der Waals surface area contributed by atoms with Crippen molar-refractivity contribution in [1.29, 1.82) is 0 Å². The minimum atomic E-state index is -0.755. The molecule has 0 heterocycles. The number of amides is 1. The van der Waals surface area contributed by atoms with Gasteiger partial charge in [-0.1, -0.05) is 12.8 Å². The lowest BCUT2D eigenvalue weighted by molar-refractivity contribution is -0.141. The van der Waals surface area contributed by atoms with Gasteiger partial charge in [0, 0.05) is 12.0 Å². The molecule has 0 unspecified atom stereocenters. The SMILES string of the molecule is C[C@@H](NC(=O)[C@@H]1CC[C@H](C(=O)O)C1)C1CCCC1. The third-order valence-corrected chi connectivity index (χ3v) is 4.63. The van der Waals surface area contributed by atoms with Crippen LogP contribution in [-0.2, 0) is 9.59 Å². The molecule has 0 aromatic carbocycles. The summed E-state index contributed by atoms with van der Waals surface area (Å²) in [5.41, 5.74) is 0. The Labute approximate surface area is 108 Å². The van der Waals surface area contributed by atoms with Gasteiger partial charge in [0.2, 0.25) is 5.91 Å². The molecule has 0 radical (unpaired) electrons. The third-order valence-electron chi connectivity index (χ3n) is 4.63. The van der Waals surface area contributed by atoms with Gasteiger partial charge in [0.25, 0.3) is 0 Å². The Kier molecular flexibility index (Phi) is 4.25. The van der Waals surface area contributed by atoms with Gasteiger partial charge in [0.15, 0.2) is 0 Å². The lowest BCUT2D eigenvalue weighted by Gasteiger charge is -2.22. The molecular weight excluding hydrogens is 230 g/mol. The molecule has 2 N–H and O–H groups in total. The maximum atomic E-state index is 12.1. The summed E-state index contributed by atoms with van der Waals surface area (Å²) in [7, 11) is 0. The van der Waals surface area contributed by atoms with E-state index < -0.39 is 5.97 Å². The van der Waals surface area contributed by atoms with Gasteiger partial charge >= 0.3 is 5.97 Å². The Morgan fingerprint density at radius 3 is 2.28 bits per heavy atom. The average molecular weight is 253 g/mol. The molecule has 2 aliphatic carbocycles. The van der Waals surface area contributed by atoms with Crippen molar-refractivity contribution in [3.8, 4) is 0 Å². The van der Waals surface area contributed by atoms with Crippen LogP contribution in [0.15, 0.2) is 0 Å². The van der Waals surface area contributed by atoms with Gasteiger partial charge in [0.05, 0.1) is 5.92 Å². The van der Waals surface area contributed by atoms with Crippen LogP contribution in [-0.4, -0.2) is 23.0 Å². The largest absolute Gasteiger partial charge is 0.481 e. The summed E-state index contributed by atoms with van der Waals surface area (Å²) in [6, 6.07) is 0.240. The standard InChI is InChI=1S/C14H23NO3/c1-9(10-4-2-3-5-10)15-13(16)11-6-7-12(8-11)14(17)18/h9-12H,2-8H2,1H3,(H,15,16)(H,17,18)/t9-,11-,12+/m1/s1. The minimum Gasteiger partial charge on any atom is -0.481 e. The van der Waals surface area contributed by atoms with E-state index in [9.17, 15) is 9.59 Å². The predicted molar refractivity (Wildman–Crippen MR) is 68.0 cm³/mol. The quantitative estimate of drug-likeness (QED) is 0.807. The van der Waals surface area contributed by atoms with E-state index in [-0.39, 0.29) is 23.8 Å². The Hall–Kier alpha value is -1.06. The van der Waals surface area contributed by atoms with Gasteiger partial charge in [-0.25, -0.2) is 0 Å². The molecule has 0 saturated heterocycles. The number of aliphatic carboxylic acids is 1. The van der Waals surface area contributed by atoms with Crippen molar-refractivity contribution in [2.24, 2.45) is 17.8 Å². The van der Waals surface area contributed by atoms with Crippen LogP contribution in [0.3, 0.4) is 0 Å². The average Bonchev–Trinajstić information content (AvgIpc) is 3.00. The molecule has 4 heteroatoms. The first-order valence-electron chi connectivity index (χ1n) is 7.11. The van der Waals surface area contributed by atoms with E-state index in [1.807, 2.05) is 0 Å². The lowest BCUT2D eigenvalue weighted by atomic mass is 9.98. The number of nitrogens with one attached hydrogen (secondary N) is 1. The second-order valence-corrected chi connectivity index (χ2v) is 5.89. The number of carboxylic acids is 1. The van der Waals surface area contributed by atoms with Gasteiger partial charge in [-0.15, -0.1) is 0 Å². The van der Waals surface area contributed by atoms with Crippen LogP contribution >= 0.6 is 0 Å². The van der Waals surface area contributed by atoms with Gasteiger partial charge in [-0.05, 0) is 44.9 Å². The number of carboxylic acid groups (broad SMARTS) is 1. The van der Waals surface area contributed by atoms with Crippen LogP contribution in [0.2, 0.25) is 0 Å². The van der Waals surface area contributed by atoms with Crippen LogP contribution < -0.4 is 5.32 Å². The second-order valence-electron chi connectivity index (χ2n) is 5.89. The summed E-state index contributed by atoms with van der Waals surface area (Å²) < 4.78 is 0. The summed E-state index contributed by atoms with van der Waals surface area (Å²) in [6.45, 7) is 2.08. The molecule has 2 rings (SSSR count). The molecule has 18 heavy (non-hydrogen) atoms. The molecule has 3 atom stereocenters. The maximum Gasteiger partial charge on any atom is 0.306 e. The molecule has 0 aromatic heterocycles. The highest BCUT2D eigenvalue weighted by Gasteiger charge is 2.34. The maximum absolute atomic E-state index is 12.1. The molecule has 0 aromatic rings. The molecule has 2 aliphatic rings. The predicted octanol–water partition coefficient (Wildman–Crippen LogP) is 2.18. The van der Waals surface area contributed by atoms with E-state index in [2.05, 4.69) is 12.2 Å². The molecular formula is C14H23NO3. The van der Waals surface area contributed by atoms with Crippen molar-refractivity contribution >= 4 is 11.9 Å². The van der Waals surface area contributed by atoms with Crippen molar-refractivity contribution in [2.75, 3.05) is 0 Å². The van der Waals surface area contributed by atoms with E-state index in [0.717, 1.165) is 6.42 Å². The van der Waals surface area contributed by atoms with E-state index in [1.54, 1.807) is 0 Å². The first-order chi connectivity index (χ1) is 8.58. The number of carbonyl (C=O) groups is 2. The van der Waals surface area contributed by atoms with Crippen LogP contribution in [0.1, 0.15) is 51.9 Å². The highest BCUT2D eigenvalue weighted by atomic mass is 16.4. The van der Waals surface area contributed by atoms with E-state index in [0.29, 0.717) is 18.8 Å². The second kappa shape index (κ2) is 5.72. The van der Waals surface area contributed by atoms with Crippen LogP contribution in [0.4, 0.5) is 0 Å². The Balaban J connectivity index is 1.79. The normalized spacial score (nSPS) is 30.3. The highest BCUT2D eigenvalue weighted by Crippen LogP contribution is 2.32. The zero-order chi connectivity index (χ0) is 13.1. The summed E-state index contributed by atoms with van der Waals surface area (Å²) in [5.74, 6) is -0.476. The van der Waals surface area contributed by atoms with Crippen LogP contribution in [0, 0.1) is 17.8 Å². The van der Waals surface area contributed by atoms with Gasteiger partial charge < -0.3 is 10.4 Å². The van der Waals surface area contributed by atoms with E-state index >= 15 is 0 Å². The molecule has 0 spiro atoms. The third kappa shape index (κ3) is 3.03. The van der Waals surface area contributed by atoms with Crippen LogP contribution in [0.5, 0.6) is 0 Å². The molecule has 2 fully saturated rings. The number of hydrogen-bond donors (Lipinski definition) is 2. The zero-order valence-electron chi connectivity index (χ0n) is 11.0. The van der Waals surface area contributed by atoms with Crippen LogP contribution in [0.25, 0.3) is 0 Å². The van der Waals surface area contributed by atoms with Crippen molar-refractivity contribution in [3.63, 3.8) is 0 Å². The molecule has 2 saturated carbocycles. The van der Waals surface area contributed by atoms with Gasteiger partial charge in [-0.2, -0.15) is 0 Å². The fourth-order valence-electron chi connectivity index (χ4n) is 3.36. The highest BCUT2D eigenvalue weighted by molar-refractivity contribution is 5.81. The first kappa shape index (κ1) is 13.4. The summed E-state index contributed by atoms with van der Waals surface area (Å²) in [4.78, 5) is 22.9. The van der Waals surface area contributed by atoms with Crippen molar-refractivity contribution < 1.29 is 14.7 Å². The lowest BCUT2D eigenvalue weighted by Crippen LogP contribution is -2.40. The summed E-state index contributed by atoms with van der Waals surface area (Å²) in [5, 5.41) is 12.0. The monoisotopic (exact) mass is 253 g/mol. The number of hydrogen-bond acceptors (Lipinski definition) is 2. The van der Waals surface area contributed by atoms with E-state index in [1.165, 1.54) is 25.7 Å². The minimum absolute atomic E-state index is 0.0677. The van der Waals surface area contributed by atoms with Gasteiger partial charge in [-0.3, -0.25) is 9.59 Å². The number of carbonyl (C=O) groups excluding carboxylic acids is 1. The summed E-state index contributed by atoms with van der Waals surface area (Å²) >= 11 is 0. The fourth-order valence-corrected chi connectivity index (χ4v) is 3.36. The smallest absolute Gasteiger partial charge is 0.306 e. The van der Waals surface area contributed by atoms with Gasteiger partial charge in [0.1, 0.15) is 0 Å².